The largest absolute Gasteiger partial charge is 0.368 e. The summed E-state index contributed by atoms with van der Waals surface area (Å²) in [5.41, 5.74) is 10.9. The number of aromatic nitrogens is 1. The highest BCUT2D eigenvalue weighted by molar-refractivity contribution is 5.98. The molecule has 1 amide bonds. The van der Waals surface area contributed by atoms with Crippen molar-refractivity contribution in [1.82, 2.24) is 4.98 Å². The van der Waals surface area contributed by atoms with Crippen LogP contribution in [0.5, 0.6) is 0 Å². The molecular weight excluding hydrogens is 274 g/mol. The second-order valence-corrected chi connectivity index (χ2v) is 5.49. The molecule has 1 aromatic heterocycles. The Labute approximate surface area is 122 Å². The van der Waals surface area contributed by atoms with E-state index < -0.39 is 10.8 Å². The zero-order valence-corrected chi connectivity index (χ0v) is 11.7. The molecule has 0 bridgehead atoms. The summed E-state index contributed by atoms with van der Waals surface area (Å²) in [6, 6.07) is 1.13. The van der Waals surface area contributed by atoms with Gasteiger partial charge in [-0.05, 0) is 12.8 Å². The van der Waals surface area contributed by atoms with Crippen LogP contribution in [0.25, 0.3) is 0 Å². The number of nitrogens with one attached hydrogen (secondary N) is 1. The average molecular weight is 293 g/mol. The van der Waals surface area contributed by atoms with Crippen molar-refractivity contribution in [2.24, 2.45) is 11.5 Å². The molecule has 0 spiro atoms. The van der Waals surface area contributed by atoms with Gasteiger partial charge in [0.1, 0.15) is 12.0 Å². The topological polar surface area (TPSA) is 137 Å². The molecule has 0 unspecified atom stereocenters. The van der Waals surface area contributed by atoms with E-state index in [1.807, 2.05) is 0 Å². The van der Waals surface area contributed by atoms with Crippen molar-refractivity contribution in [3.8, 4) is 0 Å². The first kappa shape index (κ1) is 15.2. The average Bonchev–Trinajstić information content (AvgIpc) is 2.45. The Kier molecular flexibility index (Phi) is 4.37. The van der Waals surface area contributed by atoms with Crippen molar-refractivity contribution < 1.29 is 9.72 Å². The summed E-state index contributed by atoms with van der Waals surface area (Å²) in [6.45, 7) is 0.456. The van der Waals surface area contributed by atoms with Crippen LogP contribution in [-0.2, 0) is 0 Å². The van der Waals surface area contributed by atoms with Crippen molar-refractivity contribution in [2.45, 2.75) is 37.6 Å². The summed E-state index contributed by atoms with van der Waals surface area (Å²) in [4.78, 5) is 25.4. The number of rotatable bonds is 5. The quantitative estimate of drug-likeness (QED) is 0.550. The summed E-state index contributed by atoms with van der Waals surface area (Å²) < 4.78 is 0. The molecule has 1 aliphatic rings. The smallest absolute Gasteiger partial charge is 0.288 e. The lowest BCUT2D eigenvalue weighted by atomic mass is 9.82. The van der Waals surface area contributed by atoms with Gasteiger partial charge in [-0.3, -0.25) is 14.9 Å². The fraction of sp³-hybridized carbons (Fsp3) is 0.538. The molecule has 1 heterocycles. The number of hydrogen-bond acceptors (Lipinski definition) is 6. The lowest BCUT2D eigenvalue weighted by molar-refractivity contribution is -0.385. The second kappa shape index (κ2) is 6.04. The highest BCUT2D eigenvalue weighted by atomic mass is 16.6. The van der Waals surface area contributed by atoms with Crippen molar-refractivity contribution in [2.75, 3.05) is 11.9 Å². The van der Waals surface area contributed by atoms with Gasteiger partial charge in [-0.1, -0.05) is 19.3 Å². The minimum atomic E-state index is -0.761. The number of primary amides is 1. The standard InChI is InChI=1S/C13H19N5O3/c14-11(19)10-6-9(18(20)21)7-16-12(10)17-8-13(15)4-2-1-3-5-13/h6-7H,1-5,8,15H2,(H2,14,19)(H,16,17). The van der Waals surface area contributed by atoms with Gasteiger partial charge < -0.3 is 16.8 Å². The van der Waals surface area contributed by atoms with Gasteiger partial charge in [-0.25, -0.2) is 4.98 Å². The number of hydrogen-bond donors (Lipinski definition) is 3. The van der Waals surface area contributed by atoms with E-state index in [1.165, 1.54) is 6.42 Å². The maximum atomic E-state index is 11.4. The SMILES string of the molecule is NC(=O)c1cc([N+](=O)[O-])cnc1NCC1(N)CCCCC1. The molecule has 0 saturated heterocycles. The molecular formula is C13H19N5O3. The molecule has 114 valence electrons. The van der Waals surface area contributed by atoms with Gasteiger partial charge >= 0.3 is 0 Å². The molecule has 1 saturated carbocycles. The molecule has 0 radical (unpaired) electrons. The van der Waals surface area contributed by atoms with Gasteiger partial charge in [0.05, 0.1) is 10.5 Å². The predicted molar refractivity (Wildman–Crippen MR) is 77.9 cm³/mol. The van der Waals surface area contributed by atoms with Crippen molar-refractivity contribution in [3.05, 3.63) is 27.9 Å². The number of nitro groups is 1. The summed E-state index contributed by atoms with van der Waals surface area (Å²) in [5, 5.41) is 13.7. The van der Waals surface area contributed by atoms with E-state index in [-0.39, 0.29) is 22.6 Å². The van der Waals surface area contributed by atoms with E-state index in [2.05, 4.69) is 10.3 Å². The predicted octanol–water partition coefficient (Wildman–Crippen LogP) is 1.16. The van der Waals surface area contributed by atoms with E-state index in [1.54, 1.807) is 0 Å². The Morgan fingerprint density at radius 3 is 2.67 bits per heavy atom. The summed E-state index contributed by atoms with van der Waals surface area (Å²) in [7, 11) is 0. The Morgan fingerprint density at radius 2 is 2.10 bits per heavy atom. The van der Waals surface area contributed by atoms with Crippen LogP contribution in [0.15, 0.2) is 12.3 Å². The van der Waals surface area contributed by atoms with Crippen LogP contribution in [0.4, 0.5) is 11.5 Å². The summed E-state index contributed by atoms with van der Waals surface area (Å²) >= 11 is 0. The van der Waals surface area contributed by atoms with E-state index >= 15 is 0 Å². The van der Waals surface area contributed by atoms with Crippen LogP contribution in [0.1, 0.15) is 42.5 Å². The van der Waals surface area contributed by atoms with E-state index in [0.717, 1.165) is 37.9 Å². The highest BCUT2D eigenvalue weighted by Crippen LogP contribution is 2.27. The summed E-state index contributed by atoms with van der Waals surface area (Å²) in [5.74, 6) is -0.521. The van der Waals surface area contributed by atoms with Crippen molar-refractivity contribution >= 4 is 17.4 Å². The van der Waals surface area contributed by atoms with Gasteiger partial charge in [0.25, 0.3) is 11.6 Å². The first-order valence-electron chi connectivity index (χ1n) is 6.88. The van der Waals surface area contributed by atoms with Crippen LogP contribution in [0.3, 0.4) is 0 Å². The highest BCUT2D eigenvalue weighted by Gasteiger charge is 2.28. The number of carbonyl (C=O) groups is 1. The second-order valence-electron chi connectivity index (χ2n) is 5.49. The molecule has 1 fully saturated rings. The van der Waals surface area contributed by atoms with Crippen LogP contribution in [0, 0.1) is 10.1 Å². The third kappa shape index (κ3) is 3.66. The number of pyridine rings is 1. The van der Waals surface area contributed by atoms with Gasteiger partial charge in [-0.15, -0.1) is 0 Å². The third-order valence-electron chi connectivity index (χ3n) is 3.81. The third-order valence-corrected chi connectivity index (χ3v) is 3.81. The Bertz CT molecular complexity index is 555. The molecule has 0 aromatic carbocycles. The summed E-state index contributed by atoms with van der Waals surface area (Å²) in [6.07, 6.45) is 6.24. The van der Waals surface area contributed by atoms with Crippen LogP contribution in [0.2, 0.25) is 0 Å². The van der Waals surface area contributed by atoms with Crippen LogP contribution < -0.4 is 16.8 Å². The molecule has 2 rings (SSSR count). The fourth-order valence-corrected chi connectivity index (χ4v) is 2.57. The zero-order chi connectivity index (χ0) is 15.5. The Morgan fingerprint density at radius 1 is 1.43 bits per heavy atom. The van der Waals surface area contributed by atoms with E-state index in [0.29, 0.717) is 6.54 Å². The monoisotopic (exact) mass is 293 g/mol. The number of nitrogens with zero attached hydrogens (tertiary/aromatic N) is 2. The molecule has 1 aliphatic carbocycles. The molecule has 5 N–H and O–H groups in total. The maximum Gasteiger partial charge on any atom is 0.288 e. The Hall–Kier alpha value is -2.22. The van der Waals surface area contributed by atoms with Gasteiger partial charge in [0, 0.05) is 18.2 Å². The van der Waals surface area contributed by atoms with Crippen molar-refractivity contribution in [3.63, 3.8) is 0 Å². The minimum absolute atomic E-state index is 0.00334. The fourth-order valence-electron chi connectivity index (χ4n) is 2.57. The number of carbonyl (C=O) groups excluding carboxylic acids is 1. The van der Waals surface area contributed by atoms with E-state index in [4.69, 9.17) is 11.5 Å². The molecule has 1 aromatic rings. The molecule has 0 atom stereocenters. The lowest BCUT2D eigenvalue weighted by Crippen LogP contribution is -2.47. The number of nitrogens with two attached hydrogens (primary N) is 2. The lowest BCUT2D eigenvalue weighted by Gasteiger charge is -2.33. The molecule has 8 heteroatoms. The maximum absolute atomic E-state index is 11.4. The first-order valence-corrected chi connectivity index (χ1v) is 6.88. The van der Waals surface area contributed by atoms with Gasteiger partial charge in [0.15, 0.2) is 0 Å². The van der Waals surface area contributed by atoms with Crippen molar-refractivity contribution in [1.29, 1.82) is 0 Å². The minimum Gasteiger partial charge on any atom is -0.368 e. The first-order chi connectivity index (χ1) is 9.91. The van der Waals surface area contributed by atoms with Gasteiger partial charge in [-0.2, -0.15) is 0 Å². The van der Waals surface area contributed by atoms with Crippen LogP contribution in [-0.4, -0.2) is 27.9 Å². The van der Waals surface area contributed by atoms with Crippen LogP contribution >= 0.6 is 0 Å². The molecule has 21 heavy (non-hydrogen) atoms. The number of amides is 1. The molecule has 0 aliphatic heterocycles. The van der Waals surface area contributed by atoms with E-state index in [9.17, 15) is 14.9 Å². The van der Waals surface area contributed by atoms with Gasteiger partial charge in [0.2, 0.25) is 0 Å². The molecule has 8 nitrogen and oxygen atoms in total. The normalized spacial score (nSPS) is 17.2. The Balaban J connectivity index is 2.15. The zero-order valence-electron chi connectivity index (χ0n) is 11.7. The number of anilines is 1.